The van der Waals surface area contributed by atoms with E-state index in [-0.39, 0.29) is 47.8 Å². The SMILES string of the molecule is Cc1ccc(NC(=O)O/N=C(/C[C@H]2O[C@@H]3C[C@]4(C)CC[C@H]5[C@H](C)CC[C@@H]([C@H]2C)[C@@]35OO4)[C@H]2O[C@@H]3C[C@]4(C)CC[C@H]5[C@H](C)CC[C@@H]([C@H]2C)[C@@]35OO4)cc1. The number of anilines is 1. The molecule has 10 aliphatic rings. The molecule has 286 valence electrons. The standard InChI is InChI=1S/C42H60N2O8/c1-23-8-12-28(13-9-23)43-38(45)48-44-33(37-27(5)32-15-11-25(3)30-17-19-40(7)22-36(47-37)42(30,32)52-50-40)20-34-26(4)31-14-10-24(2)29-16-18-39(6)21-35(46-34)41(29,31)51-49-39/h8-9,12-13,24-27,29-32,34-37H,10-11,14-22H2,1-7H3,(H,43,45)/b44-33-/t24-,25-,26-,27-,29+,30+,31+,32+,34-,35-,36-,37+,39+,40+,41-,42-/m1/s1. The van der Waals surface area contributed by atoms with Crippen LogP contribution in [0.1, 0.15) is 118 Å². The van der Waals surface area contributed by atoms with E-state index in [4.69, 9.17) is 39.0 Å². The fourth-order valence-electron chi connectivity index (χ4n) is 12.9. The van der Waals surface area contributed by atoms with Crippen molar-refractivity contribution in [2.24, 2.45) is 52.5 Å². The Morgan fingerprint density at radius 1 is 0.750 bits per heavy atom. The van der Waals surface area contributed by atoms with Gasteiger partial charge in [-0.3, -0.25) is 10.2 Å². The fourth-order valence-corrected chi connectivity index (χ4v) is 12.9. The van der Waals surface area contributed by atoms with E-state index in [0.29, 0.717) is 41.7 Å². The second kappa shape index (κ2) is 12.7. The van der Waals surface area contributed by atoms with Gasteiger partial charge in [0.25, 0.3) is 0 Å². The number of fused-ring (bicyclic) bond motifs is 4. The molecule has 4 aliphatic carbocycles. The van der Waals surface area contributed by atoms with Crippen LogP contribution in [0, 0.1) is 54.3 Å². The minimum absolute atomic E-state index is 0.0644. The third-order valence-corrected chi connectivity index (χ3v) is 15.8. The number of ether oxygens (including phenoxy) is 2. The normalized spacial score (nSPS) is 50.7. The minimum atomic E-state index is -0.620. The van der Waals surface area contributed by atoms with Crippen molar-refractivity contribution in [1.82, 2.24) is 0 Å². The smallest absolute Gasteiger partial charge is 0.371 e. The van der Waals surface area contributed by atoms with Crippen LogP contribution in [-0.2, 0) is 33.9 Å². The molecule has 52 heavy (non-hydrogen) atoms. The van der Waals surface area contributed by atoms with Gasteiger partial charge in [-0.05, 0) is 132 Å². The lowest BCUT2D eigenvalue weighted by Gasteiger charge is -2.62. The van der Waals surface area contributed by atoms with E-state index in [1.165, 1.54) is 6.42 Å². The van der Waals surface area contributed by atoms with Crippen LogP contribution in [0.2, 0.25) is 0 Å². The summed E-state index contributed by atoms with van der Waals surface area (Å²) in [6, 6.07) is 7.66. The van der Waals surface area contributed by atoms with Crippen molar-refractivity contribution in [2.45, 2.75) is 166 Å². The molecular weight excluding hydrogens is 660 g/mol. The van der Waals surface area contributed by atoms with Crippen molar-refractivity contribution in [3.8, 4) is 0 Å². The minimum Gasteiger partial charge on any atom is -0.371 e. The highest BCUT2D eigenvalue weighted by Crippen LogP contribution is 2.63. The number of rotatable bonds is 5. The fraction of sp³-hybridized carbons (Fsp3) is 0.810. The Hall–Kier alpha value is -2.08. The number of nitrogens with one attached hydrogen (secondary N) is 1. The molecule has 1 aromatic rings. The number of hydrogen-bond acceptors (Lipinski definition) is 9. The third kappa shape index (κ3) is 5.47. The first-order valence-electron chi connectivity index (χ1n) is 20.5. The Morgan fingerprint density at radius 3 is 1.90 bits per heavy atom. The van der Waals surface area contributed by atoms with Crippen LogP contribution >= 0.6 is 0 Å². The van der Waals surface area contributed by atoms with Gasteiger partial charge in [-0.1, -0.05) is 50.5 Å². The molecule has 2 spiro atoms. The molecule has 0 radical (unpaired) electrons. The summed E-state index contributed by atoms with van der Waals surface area (Å²) in [5, 5.41) is 7.61. The first kappa shape index (κ1) is 35.6. The highest BCUT2D eigenvalue weighted by Gasteiger charge is 2.70. The molecule has 4 bridgehead atoms. The molecule has 1 amide bonds. The molecule has 10 nitrogen and oxygen atoms in total. The molecule has 10 heteroatoms. The second-order valence-corrected chi connectivity index (χ2v) is 19.0. The van der Waals surface area contributed by atoms with Crippen LogP contribution in [-0.4, -0.2) is 58.6 Å². The number of carbonyl (C=O) groups is 1. The number of oxime groups is 1. The molecule has 6 saturated heterocycles. The third-order valence-electron chi connectivity index (χ3n) is 15.8. The highest BCUT2D eigenvalue weighted by atomic mass is 17.2. The average Bonchev–Trinajstić information content (AvgIpc) is 3.49. The maximum absolute atomic E-state index is 13.3. The van der Waals surface area contributed by atoms with Gasteiger partial charge in [0.05, 0.1) is 24.0 Å². The van der Waals surface area contributed by atoms with Crippen molar-refractivity contribution in [1.29, 1.82) is 0 Å². The molecular formula is C42H60N2O8. The van der Waals surface area contributed by atoms with Gasteiger partial charge in [0.1, 0.15) is 28.5 Å². The maximum atomic E-state index is 13.3. The number of aryl methyl sites for hydroxylation is 1. The summed E-state index contributed by atoms with van der Waals surface area (Å²) in [6.07, 6.45) is 9.33. The Bertz CT molecular complexity index is 1570. The second-order valence-electron chi connectivity index (χ2n) is 19.0. The number of hydrogen-bond donors (Lipinski definition) is 1. The number of amides is 1. The van der Waals surface area contributed by atoms with E-state index in [0.717, 1.165) is 69.1 Å². The summed E-state index contributed by atoms with van der Waals surface area (Å²) in [6.45, 7) is 15.7. The summed E-state index contributed by atoms with van der Waals surface area (Å²) in [7, 11) is 0. The molecule has 0 unspecified atom stereocenters. The van der Waals surface area contributed by atoms with Crippen LogP contribution < -0.4 is 5.32 Å². The largest absolute Gasteiger partial charge is 0.437 e. The van der Waals surface area contributed by atoms with E-state index >= 15 is 0 Å². The van der Waals surface area contributed by atoms with E-state index in [1.807, 2.05) is 31.2 Å². The summed E-state index contributed by atoms with van der Waals surface area (Å²) < 4.78 is 14.6. The molecule has 10 fully saturated rings. The maximum Gasteiger partial charge on any atom is 0.437 e. The Morgan fingerprint density at radius 2 is 1.31 bits per heavy atom. The first-order valence-corrected chi connectivity index (χ1v) is 20.5. The van der Waals surface area contributed by atoms with E-state index in [2.05, 4.69) is 46.9 Å². The monoisotopic (exact) mass is 720 g/mol. The van der Waals surface area contributed by atoms with Gasteiger partial charge >= 0.3 is 6.09 Å². The summed E-state index contributed by atoms with van der Waals surface area (Å²) >= 11 is 0. The quantitative estimate of drug-likeness (QED) is 0.139. The highest BCUT2D eigenvalue weighted by molar-refractivity contribution is 5.91. The summed E-state index contributed by atoms with van der Waals surface area (Å²) in [5.41, 5.74) is 0.826. The zero-order valence-electron chi connectivity index (χ0n) is 32.2. The molecule has 11 rings (SSSR count). The Balaban J connectivity index is 1.05. The van der Waals surface area contributed by atoms with Gasteiger partial charge in [0, 0.05) is 24.9 Å². The van der Waals surface area contributed by atoms with Crippen molar-refractivity contribution in [3.05, 3.63) is 29.8 Å². The van der Waals surface area contributed by atoms with E-state index in [1.54, 1.807) is 0 Å². The van der Waals surface area contributed by atoms with Crippen molar-refractivity contribution >= 4 is 17.5 Å². The zero-order valence-corrected chi connectivity index (χ0v) is 32.2. The van der Waals surface area contributed by atoms with Gasteiger partial charge in [-0.2, -0.15) is 0 Å². The van der Waals surface area contributed by atoms with Crippen molar-refractivity contribution < 1.29 is 38.7 Å². The first-order chi connectivity index (χ1) is 24.8. The van der Waals surface area contributed by atoms with E-state index in [9.17, 15) is 4.79 Å². The van der Waals surface area contributed by atoms with Crippen molar-refractivity contribution in [2.75, 3.05) is 5.32 Å². The lowest BCUT2D eigenvalue weighted by Crippen LogP contribution is -2.71. The van der Waals surface area contributed by atoms with Crippen molar-refractivity contribution in [3.63, 3.8) is 0 Å². The topological polar surface area (TPSA) is 106 Å². The lowest BCUT2D eigenvalue weighted by atomic mass is 9.55. The number of carbonyl (C=O) groups excluding carboxylic acids is 1. The van der Waals surface area contributed by atoms with Gasteiger partial charge in [-0.15, -0.1) is 0 Å². The molecule has 6 heterocycles. The molecule has 16 atom stereocenters. The lowest BCUT2D eigenvalue weighted by molar-refractivity contribution is -0.487. The molecule has 1 aromatic carbocycles. The van der Waals surface area contributed by atoms with Crippen LogP contribution in [0.15, 0.2) is 29.4 Å². The van der Waals surface area contributed by atoms with E-state index < -0.39 is 22.9 Å². The number of nitrogens with zero attached hydrogens (tertiary/aromatic N) is 1. The van der Waals surface area contributed by atoms with Gasteiger partial charge < -0.3 is 9.47 Å². The van der Waals surface area contributed by atoms with Crippen LogP contribution in [0.3, 0.4) is 0 Å². The summed E-state index contributed by atoms with van der Waals surface area (Å²) in [5.74, 6) is 2.63. The van der Waals surface area contributed by atoms with Gasteiger partial charge in [0.15, 0.2) is 0 Å². The zero-order chi connectivity index (χ0) is 36.2. The number of benzene rings is 1. The van der Waals surface area contributed by atoms with Crippen LogP contribution in [0.4, 0.5) is 10.5 Å². The molecule has 4 saturated carbocycles. The predicted molar refractivity (Wildman–Crippen MR) is 194 cm³/mol. The Labute approximate surface area is 309 Å². The van der Waals surface area contributed by atoms with Gasteiger partial charge in [0.2, 0.25) is 0 Å². The van der Waals surface area contributed by atoms with Crippen LogP contribution in [0.5, 0.6) is 0 Å². The predicted octanol–water partition coefficient (Wildman–Crippen LogP) is 8.71. The summed E-state index contributed by atoms with van der Waals surface area (Å²) in [4.78, 5) is 44.8. The molecule has 0 aromatic heterocycles. The average molecular weight is 721 g/mol. The Kier molecular flexibility index (Phi) is 8.72. The molecule has 1 N–H and O–H groups in total. The van der Waals surface area contributed by atoms with Crippen LogP contribution in [0.25, 0.3) is 0 Å². The molecule has 6 aliphatic heterocycles. The van der Waals surface area contributed by atoms with Gasteiger partial charge in [-0.25, -0.2) is 24.3 Å².